The van der Waals surface area contributed by atoms with E-state index in [2.05, 4.69) is 15.3 Å². The van der Waals surface area contributed by atoms with Gasteiger partial charge in [-0.25, -0.2) is 19.2 Å². The lowest BCUT2D eigenvalue weighted by Crippen LogP contribution is -2.03. The van der Waals surface area contributed by atoms with Gasteiger partial charge in [0.2, 0.25) is 5.88 Å². The predicted octanol–water partition coefficient (Wildman–Crippen LogP) is 4.31. The summed E-state index contributed by atoms with van der Waals surface area (Å²) in [7, 11) is 1.19. The molecule has 3 heterocycles. The molecule has 2 aromatic heterocycles. The number of methoxy groups -OCH3 is 1. The quantitative estimate of drug-likeness (QED) is 0.656. The average molecular weight is 379 g/mol. The van der Waals surface area contributed by atoms with E-state index in [0.29, 0.717) is 17.1 Å². The first-order valence-corrected chi connectivity index (χ1v) is 8.24. The Morgan fingerprint density at radius 3 is 2.82 bits per heavy atom. The zero-order chi connectivity index (χ0) is 19.7. The highest BCUT2D eigenvalue weighted by Crippen LogP contribution is 2.39. The molecule has 0 radical (unpaired) electrons. The lowest BCUT2D eigenvalue weighted by Gasteiger charge is -2.05. The van der Waals surface area contributed by atoms with Crippen molar-refractivity contribution in [2.24, 2.45) is 4.99 Å². The Bertz CT molecular complexity index is 1120. The molecule has 0 bridgehead atoms. The summed E-state index contributed by atoms with van der Waals surface area (Å²) in [6.07, 6.45) is 4.77. The van der Waals surface area contributed by atoms with Crippen molar-refractivity contribution in [1.82, 2.24) is 4.98 Å². The minimum Gasteiger partial charge on any atom is -0.504 e. The highest BCUT2D eigenvalue weighted by Gasteiger charge is 2.27. The number of halogens is 1. The van der Waals surface area contributed by atoms with Crippen molar-refractivity contribution in [1.29, 1.82) is 0 Å². The molecular weight excluding hydrogens is 365 g/mol. The van der Waals surface area contributed by atoms with Gasteiger partial charge in [-0.1, -0.05) is 0 Å². The van der Waals surface area contributed by atoms with Crippen molar-refractivity contribution in [3.05, 3.63) is 65.3 Å². The van der Waals surface area contributed by atoms with E-state index in [1.165, 1.54) is 31.4 Å². The summed E-state index contributed by atoms with van der Waals surface area (Å²) in [6, 6.07) is 9.06. The van der Waals surface area contributed by atoms with Crippen LogP contribution in [0.1, 0.15) is 21.7 Å². The largest absolute Gasteiger partial charge is 0.504 e. The van der Waals surface area contributed by atoms with Crippen LogP contribution in [0.25, 0.3) is 11.6 Å². The van der Waals surface area contributed by atoms with Crippen molar-refractivity contribution in [3.8, 4) is 5.75 Å². The van der Waals surface area contributed by atoms with E-state index >= 15 is 0 Å². The van der Waals surface area contributed by atoms with E-state index < -0.39 is 11.8 Å². The summed E-state index contributed by atoms with van der Waals surface area (Å²) < 4.78 is 23.5. The number of rotatable bonds is 4. The number of aromatic hydroxyl groups is 1. The Labute approximate surface area is 158 Å². The predicted molar refractivity (Wildman–Crippen MR) is 102 cm³/mol. The van der Waals surface area contributed by atoms with Crippen molar-refractivity contribution >= 4 is 41.2 Å². The molecule has 28 heavy (non-hydrogen) atoms. The van der Waals surface area contributed by atoms with E-state index in [-0.39, 0.29) is 23.0 Å². The standard InChI is InChI=1S/C20H14FN3O4/c1-27-20(26)16-17(25)15(9-11-10-23-18-14(11)3-2-8-22-18)28-19(16)24-13-6-4-12(21)5-7-13/h2-10,24-25H,1H3/b11-9+. The number of fused-ring (bicyclic) bond motifs is 1. The third-order valence-electron chi connectivity index (χ3n) is 4.11. The molecule has 0 fully saturated rings. The third kappa shape index (κ3) is 3.11. The van der Waals surface area contributed by atoms with E-state index in [0.717, 1.165) is 5.56 Å². The minimum absolute atomic E-state index is 0.0239. The molecule has 8 heteroatoms. The first-order chi connectivity index (χ1) is 13.6. The second-order valence-electron chi connectivity index (χ2n) is 5.87. The van der Waals surface area contributed by atoms with Gasteiger partial charge in [-0.2, -0.15) is 0 Å². The van der Waals surface area contributed by atoms with Gasteiger partial charge in [0.15, 0.2) is 22.9 Å². The van der Waals surface area contributed by atoms with Crippen molar-refractivity contribution < 1.29 is 23.4 Å². The third-order valence-corrected chi connectivity index (χ3v) is 4.11. The highest BCUT2D eigenvalue weighted by molar-refractivity contribution is 6.21. The maximum absolute atomic E-state index is 13.1. The van der Waals surface area contributed by atoms with Gasteiger partial charge < -0.3 is 19.6 Å². The summed E-state index contributed by atoms with van der Waals surface area (Å²) >= 11 is 0. The molecule has 0 unspecified atom stereocenters. The number of pyridine rings is 1. The molecule has 0 saturated heterocycles. The van der Waals surface area contributed by atoms with E-state index in [1.807, 2.05) is 6.07 Å². The number of hydrogen-bond acceptors (Lipinski definition) is 7. The van der Waals surface area contributed by atoms with Gasteiger partial charge >= 0.3 is 5.97 Å². The molecule has 2 N–H and O–H groups in total. The van der Waals surface area contributed by atoms with Crippen LogP contribution in [-0.2, 0) is 4.74 Å². The Kier molecular flexibility index (Phi) is 4.36. The maximum atomic E-state index is 13.1. The number of carbonyl (C=O) groups is 1. The van der Waals surface area contributed by atoms with Gasteiger partial charge in [-0.15, -0.1) is 0 Å². The van der Waals surface area contributed by atoms with E-state index in [9.17, 15) is 14.3 Å². The van der Waals surface area contributed by atoms with Crippen LogP contribution in [0.2, 0.25) is 0 Å². The molecule has 1 aliphatic heterocycles. The van der Waals surface area contributed by atoms with Gasteiger partial charge in [0.25, 0.3) is 0 Å². The monoisotopic (exact) mass is 379 g/mol. The Morgan fingerprint density at radius 1 is 1.29 bits per heavy atom. The van der Waals surface area contributed by atoms with Crippen LogP contribution in [0, 0.1) is 5.82 Å². The minimum atomic E-state index is -0.780. The average Bonchev–Trinajstić information content (AvgIpc) is 3.25. The van der Waals surface area contributed by atoms with Crippen LogP contribution in [0.4, 0.5) is 21.8 Å². The number of nitrogens with zero attached hydrogens (tertiary/aromatic N) is 2. The van der Waals surface area contributed by atoms with Gasteiger partial charge in [-0.3, -0.25) is 0 Å². The molecule has 7 nitrogen and oxygen atoms in total. The SMILES string of the molecule is COC(=O)c1c(Nc2ccc(F)cc2)oc(/C=C2\C=Nc3ncccc32)c1O. The summed E-state index contributed by atoms with van der Waals surface area (Å²) in [4.78, 5) is 20.5. The van der Waals surface area contributed by atoms with Crippen molar-refractivity contribution in [2.45, 2.75) is 0 Å². The molecule has 140 valence electrons. The number of carbonyl (C=O) groups excluding carboxylic acids is 1. The van der Waals surface area contributed by atoms with Crippen LogP contribution in [0.15, 0.2) is 52.0 Å². The molecule has 0 aliphatic carbocycles. The molecular formula is C20H14FN3O4. The zero-order valence-corrected chi connectivity index (χ0v) is 14.6. The normalized spacial score (nSPS) is 13.6. The number of furan rings is 1. The maximum Gasteiger partial charge on any atom is 0.347 e. The molecule has 0 spiro atoms. The first kappa shape index (κ1) is 17.5. The molecule has 0 amide bonds. The second-order valence-corrected chi connectivity index (χ2v) is 5.87. The van der Waals surface area contributed by atoms with Crippen LogP contribution in [0.5, 0.6) is 5.75 Å². The molecule has 0 atom stereocenters. The fraction of sp³-hybridized carbons (Fsp3) is 0.0500. The number of allylic oxidation sites excluding steroid dienone is 1. The van der Waals surface area contributed by atoms with E-state index in [1.54, 1.807) is 24.6 Å². The number of ether oxygens (including phenoxy) is 1. The van der Waals surface area contributed by atoms with Gasteiger partial charge in [0, 0.05) is 29.2 Å². The molecule has 4 rings (SSSR count). The lowest BCUT2D eigenvalue weighted by atomic mass is 10.1. The highest BCUT2D eigenvalue weighted by atomic mass is 19.1. The van der Waals surface area contributed by atoms with Crippen LogP contribution in [0.3, 0.4) is 0 Å². The summed E-state index contributed by atoms with van der Waals surface area (Å²) in [5.74, 6) is -0.989. The van der Waals surface area contributed by atoms with E-state index in [4.69, 9.17) is 9.15 Å². The Balaban J connectivity index is 1.76. The summed E-state index contributed by atoms with van der Waals surface area (Å²) in [6.45, 7) is 0. The number of esters is 1. The molecule has 1 aliphatic rings. The van der Waals surface area contributed by atoms with Crippen LogP contribution < -0.4 is 5.32 Å². The van der Waals surface area contributed by atoms with Gasteiger partial charge in [0.1, 0.15) is 5.82 Å². The van der Waals surface area contributed by atoms with Crippen molar-refractivity contribution in [2.75, 3.05) is 12.4 Å². The second kappa shape index (κ2) is 6.99. The number of hydrogen-bond donors (Lipinski definition) is 2. The topological polar surface area (TPSA) is 97.0 Å². The number of nitrogens with one attached hydrogen (secondary N) is 1. The van der Waals surface area contributed by atoms with Crippen LogP contribution in [-0.4, -0.2) is 29.4 Å². The fourth-order valence-electron chi connectivity index (χ4n) is 2.76. The summed E-state index contributed by atoms with van der Waals surface area (Å²) in [5, 5.41) is 13.4. The number of anilines is 2. The Hall–Kier alpha value is -3.94. The fourth-order valence-corrected chi connectivity index (χ4v) is 2.76. The smallest absolute Gasteiger partial charge is 0.347 e. The summed E-state index contributed by atoms with van der Waals surface area (Å²) in [5.41, 5.74) is 1.74. The number of aromatic nitrogens is 1. The van der Waals surface area contributed by atoms with Crippen LogP contribution >= 0.6 is 0 Å². The number of aliphatic imine (C=N–C) groups is 1. The molecule has 0 saturated carbocycles. The Morgan fingerprint density at radius 2 is 2.07 bits per heavy atom. The zero-order valence-electron chi connectivity index (χ0n) is 14.6. The lowest BCUT2D eigenvalue weighted by molar-refractivity contribution is 0.0598. The van der Waals surface area contributed by atoms with Gasteiger partial charge in [0.05, 0.1) is 7.11 Å². The first-order valence-electron chi connectivity index (χ1n) is 8.24. The molecule has 3 aromatic rings. The van der Waals surface area contributed by atoms with Crippen molar-refractivity contribution in [3.63, 3.8) is 0 Å². The number of benzene rings is 1. The molecule has 1 aromatic carbocycles. The van der Waals surface area contributed by atoms with Gasteiger partial charge in [-0.05, 0) is 42.5 Å².